The molecule has 0 radical (unpaired) electrons. The highest BCUT2D eigenvalue weighted by Crippen LogP contribution is 2.09. The zero-order valence-corrected chi connectivity index (χ0v) is 10.4. The molecule has 5 N–H and O–H groups in total. The van der Waals surface area contributed by atoms with Gasteiger partial charge in [-0.3, -0.25) is 5.41 Å². The minimum atomic E-state index is 0.170. The van der Waals surface area contributed by atoms with Crippen LogP contribution in [-0.2, 0) is 4.74 Å². The highest BCUT2D eigenvalue weighted by molar-refractivity contribution is 6.01. The molecule has 96 valence electrons. The third-order valence-corrected chi connectivity index (χ3v) is 2.46. The molecule has 0 unspecified atom stereocenters. The van der Waals surface area contributed by atoms with Crippen LogP contribution in [0.1, 0.15) is 13.3 Å². The van der Waals surface area contributed by atoms with Gasteiger partial charge in [-0.2, -0.15) is 0 Å². The zero-order chi connectivity index (χ0) is 12.8. The van der Waals surface area contributed by atoms with Gasteiger partial charge < -0.3 is 21.1 Å². The minimum absolute atomic E-state index is 0.170. The Labute approximate surface area is 102 Å². The number of nitrogens with two attached hydrogens (primary N) is 2. The smallest absolute Gasteiger partial charge is 0.132 e. The summed E-state index contributed by atoms with van der Waals surface area (Å²) in [5.74, 6) is 0.946. The van der Waals surface area contributed by atoms with Crippen LogP contribution in [0.3, 0.4) is 0 Å². The van der Waals surface area contributed by atoms with Crippen LogP contribution in [0.15, 0.2) is 16.8 Å². The molecule has 0 spiro atoms. The van der Waals surface area contributed by atoms with Gasteiger partial charge in [0.25, 0.3) is 0 Å². The molecule has 1 heterocycles. The van der Waals surface area contributed by atoms with Crippen molar-refractivity contribution in [2.75, 3.05) is 26.8 Å². The lowest BCUT2D eigenvalue weighted by Gasteiger charge is -2.18. The van der Waals surface area contributed by atoms with Crippen LogP contribution in [-0.4, -0.2) is 49.4 Å². The van der Waals surface area contributed by atoms with E-state index in [0.29, 0.717) is 18.1 Å². The van der Waals surface area contributed by atoms with Gasteiger partial charge in [-0.05, 0) is 13.3 Å². The number of ether oxygens (including phenoxy) is 1. The average molecular weight is 239 g/mol. The third kappa shape index (κ3) is 4.54. The van der Waals surface area contributed by atoms with E-state index < -0.39 is 0 Å². The molecule has 1 aliphatic heterocycles. The van der Waals surface area contributed by atoms with Crippen molar-refractivity contribution < 1.29 is 4.74 Å². The monoisotopic (exact) mass is 239 g/mol. The molecule has 0 bridgehead atoms. The fourth-order valence-corrected chi connectivity index (χ4v) is 1.74. The number of nitrogens with zero attached hydrogens (tertiary/aromatic N) is 2. The maximum absolute atomic E-state index is 7.44. The Morgan fingerprint density at radius 3 is 2.82 bits per heavy atom. The predicted molar refractivity (Wildman–Crippen MR) is 69.1 cm³/mol. The Balaban J connectivity index is 2.81. The summed E-state index contributed by atoms with van der Waals surface area (Å²) in [6.45, 7) is 3.60. The van der Waals surface area contributed by atoms with Crippen molar-refractivity contribution in [3.05, 3.63) is 11.8 Å². The van der Waals surface area contributed by atoms with Gasteiger partial charge in [0.05, 0.1) is 6.61 Å². The molecular formula is C11H21N5O. The molecule has 6 heteroatoms. The van der Waals surface area contributed by atoms with E-state index in [1.54, 1.807) is 20.1 Å². The minimum Gasteiger partial charge on any atom is -0.400 e. The lowest BCUT2D eigenvalue weighted by molar-refractivity contribution is 0.225. The maximum atomic E-state index is 7.44. The summed E-state index contributed by atoms with van der Waals surface area (Å²) in [5, 5.41) is 7.44. The molecule has 1 saturated heterocycles. The van der Waals surface area contributed by atoms with E-state index in [4.69, 9.17) is 21.6 Å². The molecule has 0 aromatic rings. The number of amidine groups is 2. The highest BCUT2D eigenvalue weighted by atomic mass is 16.5. The summed E-state index contributed by atoms with van der Waals surface area (Å²) in [4.78, 5) is 6.22. The zero-order valence-electron chi connectivity index (χ0n) is 10.4. The number of methoxy groups -OCH3 is 1. The van der Waals surface area contributed by atoms with Gasteiger partial charge in [-0.25, -0.2) is 4.99 Å². The first kappa shape index (κ1) is 13.7. The highest BCUT2D eigenvalue weighted by Gasteiger charge is 2.21. The Bertz CT molecular complexity index is 337. The average Bonchev–Trinajstić information content (AvgIpc) is 2.63. The van der Waals surface area contributed by atoms with Crippen LogP contribution in [0.2, 0.25) is 0 Å². The van der Waals surface area contributed by atoms with Crippen LogP contribution in [0, 0.1) is 5.41 Å². The fraction of sp³-hybridized carbons (Fsp3) is 0.636. The summed E-state index contributed by atoms with van der Waals surface area (Å²) in [5.41, 5.74) is 12.2. The van der Waals surface area contributed by atoms with Gasteiger partial charge >= 0.3 is 0 Å². The van der Waals surface area contributed by atoms with E-state index in [0.717, 1.165) is 19.5 Å². The van der Waals surface area contributed by atoms with Gasteiger partial charge in [0, 0.05) is 38.0 Å². The molecule has 1 aliphatic rings. The van der Waals surface area contributed by atoms with Crippen molar-refractivity contribution in [1.82, 2.24) is 4.90 Å². The summed E-state index contributed by atoms with van der Waals surface area (Å²) in [6.07, 6.45) is 2.69. The van der Waals surface area contributed by atoms with Crippen LogP contribution in [0.25, 0.3) is 0 Å². The van der Waals surface area contributed by atoms with Crippen molar-refractivity contribution in [2.24, 2.45) is 16.5 Å². The Kier molecular flexibility index (Phi) is 5.11. The van der Waals surface area contributed by atoms with Crippen molar-refractivity contribution in [1.29, 1.82) is 5.41 Å². The molecule has 6 nitrogen and oxygen atoms in total. The van der Waals surface area contributed by atoms with E-state index >= 15 is 0 Å². The van der Waals surface area contributed by atoms with Gasteiger partial charge in [0.1, 0.15) is 11.7 Å². The normalized spacial score (nSPS) is 22.1. The fourth-order valence-electron chi connectivity index (χ4n) is 1.74. The number of likely N-dealkylation sites (tertiary alicyclic amines) is 1. The van der Waals surface area contributed by atoms with Crippen LogP contribution in [0.5, 0.6) is 0 Å². The van der Waals surface area contributed by atoms with E-state index in [-0.39, 0.29) is 11.9 Å². The first-order valence-electron chi connectivity index (χ1n) is 5.62. The van der Waals surface area contributed by atoms with Gasteiger partial charge in [-0.15, -0.1) is 0 Å². The first-order valence-corrected chi connectivity index (χ1v) is 5.62. The Morgan fingerprint density at radius 2 is 2.35 bits per heavy atom. The standard InChI is InChI=1S/C11H21N5O/c1-8(12)15-11(5-10(14)7-17-2)16-4-3-9(13)6-16/h5,9,12H,3-4,6-7,13-14H2,1-2H3/t9-/m1/s1. The van der Waals surface area contributed by atoms with E-state index in [2.05, 4.69) is 4.99 Å². The van der Waals surface area contributed by atoms with E-state index in [1.807, 2.05) is 4.90 Å². The molecule has 17 heavy (non-hydrogen) atoms. The van der Waals surface area contributed by atoms with E-state index in [1.165, 1.54) is 0 Å². The Morgan fingerprint density at radius 1 is 1.65 bits per heavy atom. The quantitative estimate of drug-likeness (QED) is 0.473. The molecule has 1 atom stereocenters. The van der Waals surface area contributed by atoms with Gasteiger partial charge in [-0.1, -0.05) is 0 Å². The number of aliphatic imine (C=N–C) groups is 1. The first-order chi connectivity index (χ1) is 8.02. The summed E-state index contributed by atoms with van der Waals surface area (Å²) in [7, 11) is 1.59. The van der Waals surface area contributed by atoms with Crippen molar-refractivity contribution >= 4 is 11.7 Å². The predicted octanol–water partition coefficient (Wildman–Crippen LogP) is -0.0959. The summed E-state index contributed by atoms with van der Waals surface area (Å²) < 4.78 is 4.95. The largest absolute Gasteiger partial charge is 0.400 e. The molecule has 1 rings (SSSR count). The number of hydrogen-bond acceptors (Lipinski definition) is 4. The third-order valence-electron chi connectivity index (χ3n) is 2.46. The van der Waals surface area contributed by atoms with Crippen LogP contribution >= 0.6 is 0 Å². The number of hydrogen-bond donors (Lipinski definition) is 3. The molecule has 0 aliphatic carbocycles. The molecular weight excluding hydrogens is 218 g/mol. The SMILES string of the molecule is COCC(N)=CC(=NC(C)=N)N1CC[C@@H](N)C1. The second-order valence-electron chi connectivity index (χ2n) is 4.20. The second-order valence-corrected chi connectivity index (χ2v) is 4.20. The molecule has 0 saturated carbocycles. The number of rotatable bonds is 3. The molecule has 0 aromatic carbocycles. The van der Waals surface area contributed by atoms with Crippen LogP contribution < -0.4 is 11.5 Å². The van der Waals surface area contributed by atoms with Gasteiger partial charge in [0.15, 0.2) is 0 Å². The summed E-state index contributed by atoms with van der Waals surface area (Å²) in [6, 6.07) is 0.170. The van der Waals surface area contributed by atoms with E-state index in [9.17, 15) is 0 Å². The van der Waals surface area contributed by atoms with Gasteiger partial charge in [0.2, 0.25) is 0 Å². The Hall–Kier alpha value is -1.40. The topological polar surface area (TPSA) is 101 Å². The van der Waals surface area contributed by atoms with Crippen molar-refractivity contribution in [3.63, 3.8) is 0 Å². The van der Waals surface area contributed by atoms with Crippen molar-refractivity contribution in [2.45, 2.75) is 19.4 Å². The molecule has 1 fully saturated rings. The molecule has 0 aromatic heterocycles. The maximum Gasteiger partial charge on any atom is 0.132 e. The lowest BCUT2D eigenvalue weighted by atomic mass is 10.3. The van der Waals surface area contributed by atoms with Crippen LogP contribution in [0.4, 0.5) is 0 Å². The second kappa shape index (κ2) is 6.36. The molecule has 0 amide bonds. The number of nitrogens with one attached hydrogen (secondary N) is 1. The van der Waals surface area contributed by atoms with Crippen molar-refractivity contribution in [3.8, 4) is 0 Å². The summed E-state index contributed by atoms with van der Waals surface area (Å²) >= 11 is 0. The lowest BCUT2D eigenvalue weighted by Crippen LogP contribution is -2.32.